The summed E-state index contributed by atoms with van der Waals surface area (Å²) in [4.78, 5) is 48.3. The molecule has 2 aromatic rings. The van der Waals surface area contributed by atoms with Crippen molar-refractivity contribution in [1.29, 1.82) is 0 Å². The lowest BCUT2D eigenvalue weighted by Crippen LogP contribution is -2.33. The Morgan fingerprint density at radius 2 is 1.75 bits per heavy atom. The van der Waals surface area contributed by atoms with Crippen molar-refractivity contribution in [3.8, 4) is 0 Å². The minimum absolute atomic E-state index is 0.139. The van der Waals surface area contributed by atoms with Crippen molar-refractivity contribution in [3.05, 3.63) is 32.0 Å². The molecule has 0 bridgehead atoms. The molecule has 2 aliphatic rings. The van der Waals surface area contributed by atoms with Gasteiger partial charge in [0.25, 0.3) is 11.8 Å². The van der Waals surface area contributed by atoms with Gasteiger partial charge in [-0.05, 0) is 6.07 Å². The van der Waals surface area contributed by atoms with Crippen LogP contribution in [0.1, 0.15) is 46.5 Å². The summed E-state index contributed by atoms with van der Waals surface area (Å²) in [6, 6.07) is 1.38. The zero-order chi connectivity index (χ0) is 14.2. The van der Waals surface area contributed by atoms with Gasteiger partial charge in [-0.1, -0.05) is 11.6 Å². The van der Waals surface area contributed by atoms with Crippen LogP contribution in [0.4, 0.5) is 0 Å². The van der Waals surface area contributed by atoms with E-state index in [4.69, 9.17) is 11.6 Å². The van der Waals surface area contributed by atoms with E-state index in [9.17, 15) is 19.2 Å². The summed E-state index contributed by atoms with van der Waals surface area (Å²) >= 11 is 7.09. The van der Waals surface area contributed by atoms with Crippen LogP contribution in [0, 0.1) is 0 Å². The van der Waals surface area contributed by atoms with E-state index in [0.717, 1.165) is 11.3 Å². The van der Waals surface area contributed by atoms with Gasteiger partial charge in [-0.3, -0.25) is 24.5 Å². The first-order valence-electron chi connectivity index (χ1n) is 5.70. The fourth-order valence-electron chi connectivity index (χ4n) is 2.67. The summed E-state index contributed by atoms with van der Waals surface area (Å²) in [5.41, 5.74) is 0.471. The van der Waals surface area contributed by atoms with E-state index in [-0.39, 0.29) is 39.0 Å². The number of ketones is 2. The summed E-state index contributed by atoms with van der Waals surface area (Å²) in [5, 5.41) is 3.08. The molecule has 0 atom stereocenters. The molecule has 20 heavy (non-hydrogen) atoms. The molecule has 1 aromatic heterocycles. The van der Waals surface area contributed by atoms with Gasteiger partial charge in [0.1, 0.15) is 4.88 Å². The summed E-state index contributed by atoms with van der Waals surface area (Å²) in [7, 11) is 0. The van der Waals surface area contributed by atoms with Crippen LogP contribution in [0.25, 0.3) is 10.8 Å². The topological polar surface area (TPSA) is 80.3 Å². The van der Waals surface area contributed by atoms with E-state index in [1.807, 2.05) is 0 Å². The number of rotatable bonds is 0. The Labute approximate surface area is 120 Å². The van der Waals surface area contributed by atoms with Crippen LogP contribution < -0.4 is 5.32 Å². The molecule has 0 spiro atoms. The number of benzene rings is 1. The molecule has 1 N–H and O–H groups in total. The van der Waals surface area contributed by atoms with Crippen LogP contribution in [0.15, 0.2) is 6.07 Å². The van der Waals surface area contributed by atoms with Crippen LogP contribution in [0.2, 0.25) is 5.02 Å². The molecule has 1 aromatic carbocycles. The van der Waals surface area contributed by atoms with Crippen molar-refractivity contribution < 1.29 is 19.2 Å². The molecule has 0 fully saturated rings. The number of hydrogen-bond acceptors (Lipinski definition) is 5. The molecule has 0 unspecified atom stereocenters. The normalized spacial score (nSPS) is 16.9. The van der Waals surface area contributed by atoms with Gasteiger partial charge in [-0.2, -0.15) is 0 Å². The molecule has 0 radical (unpaired) electrons. The molecular weight excluding hydrogens is 302 g/mol. The Hall–Kier alpha value is -2.05. The van der Waals surface area contributed by atoms with Crippen LogP contribution in [0.3, 0.4) is 0 Å². The predicted octanol–water partition coefficient (Wildman–Crippen LogP) is 2.21. The van der Waals surface area contributed by atoms with E-state index in [2.05, 4.69) is 5.32 Å². The fourth-order valence-corrected chi connectivity index (χ4v) is 4.13. The number of thiophene rings is 1. The number of carbonyl (C=O) groups excluding carboxylic acids is 4. The quantitative estimate of drug-likeness (QED) is 0.598. The van der Waals surface area contributed by atoms with Gasteiger partial charge in [-0.25, -0.2) is 0 Å². The first-order valence-corrected chi connectivity index (χ1v) is 6.89. The SMILES string of the molecule is O=C1NC(=O)c2sc3c4c(c(Cl)cc1c24)C(=O)CC3=O. The maximum absolute atomic E-state index is 12.0. The first kappa shape index (κ1) is 11.7. The minimum Gasteiger partial charge on any atom is -0.294 e. The molecule has 0 saturated heterocycles. The Bertz CT molecular complexity index is 896. The highest BCUT2D eigenvalue weighted by atomic mass is 35.5. The first-order chi connectivity index (χ1) is 9.49. The lowest BCUT2D eigenvalue weighted by atomic mass is 9.89. The van der Waals surface area contributed by atoms with E-state index in [0.29, 0.717) is 15.6 Å². The Morgan fingerprint density at radius 3 is 2.50 bits per heavy atom. The van der Waals surface area contributed by atoms with Crippen molar-refractivity contribution in [2.45, 2.75) is 6.42 Å². The van der Waals surface area contributed by atoms with Crippen molar-refractivity contribution in [3.63, 3.8) is 0 Å². The molecule has 0 saturated carbocycles. The van der Waals surface area contributed by atoms with E-state index in [1.165, 1.54) is 6.07 Å². The van der Waals surface area contributed by atoms with Gasteiger partial charge in [0.05, 0.1) is 21.9 Å². The second-order valence-electron chi connectivity index (χ2n) is 4.60. The lowest BCUT2D eigenvalue weighted by Gasteiger charge is -2.16. The second-order valence-corrected chi connectivity index (χ2v) is 6.03. The number of amides is 2. The minimum atomic E-state index is -0.564. The van der Waals surface area contributed by atoms with Crippen LogP contribution in [0.5, 0.6) is 0 Å². The number of carbonyl (C=O) groups is 4. The number of Topliss-reactive ketones (excluding diaryl/α,β-unsaturated/α-hetero) is 2. The molecular formula is C13H4ClNO4S. The zero-order valence-corrected chi connectivity index (χ0v) is 11.3. The number of nitrogens with one attached hydrogen (secondary N) is 1. The van der Waals surface area contributed by atoms with Gasteiger partial charge in [0.15, 0.2) is 11.6 Å². The van der Waals surface area contributed by atoms with Crippen LogP contribution >= 0.6 is 22.9 Å². The summed E-state index contributed by atoms with van der Waals surface area (Å²) in [6.45, 7) is 0. The summed E-state index contributed by atoms with van der Waals surface area (Å²) < 4.78 is 0. The van der Waals surface area contributed by atoms with Gasteiger partial charge < -0.3 is 0 Å². The average molecular weight is 306 g/mol. The molecule has 5 nitrogen and oxygen atoms in total. The number of imide groups is 1. The second kappa shape index (κ2) is 3.53. The van der Waals surface area contributed by atoms with Crippen molar-refractivity contribution >= 4 is 57.1 Å². The summed E-state index contributed by atoms with van der Waals surface area (Å²) in [5.74, 6) is -1.81. The van der Waals surface area contributed by atoms with E-state index < -0.39 is 11.8 Å². The molecule has 4 rings (SSSR count). The molecule has 1 aliphatic carbocycles. The van der Waals surface area contributed by atoms with Crippen molar-refractivity contribution in [2.75, 3.05) is 0 Å². The molecule has 7 heteroatoms. The Kier molecular flexibility index (Phi) is 2.07. The van der Waals surface area contributed by atoms with Gasteiger partial charge in [-0.15, -0.1) is 11.3 Å². The van der Waals surface area contributed by atoms with E-state index >= 15 is 0 Å². The monoisotopic (exact) mass is 305 g/mol. The average Bonchev–Trinajstić information content (AvgIpc) is 2.76. The van der Waals surface area contributed by atoms with Crippen LogP contribution in [-0.2, 0) is 0 Å². The molecule has 2 amide bonds. The highest BCUT2D eigenvalue weighted by Gasteiger charge is 2.37. The fraction of sp³-hybridized carbons (Fsp3) is 0.0769. The largest absolute Gasteiger partial charge is 0.294 e. The Morgan fingerprint density at radius 1 is 1.00 bits per heavy atom. The molecule has 2 heterocycles. The maximum Gasteiger partial charge on any atom is 0.268 e. The predicted molar refractivity (Wildman–Crippen MR) is 71.9 cm³/mol. The highest BCUT2D eigenvalue weighted by molar-refractivity contribution is 7.18. The zero-order valence-electron chi connectivity index (χ0n) is 9.70. The number of hydrogen-bond donors (Lipinski definition) is 1. The van der Waals surface area contributed by atoms with Crippen molar-refractivity contribution in [1.82, 2.24) is 5.32 Å². The lowest BCUT2D eigenvalue weighted by molar-refractivity contribution is 0.0841. The third kappa shape index (κ3) is 1.22. The third-order valence-electron chi connectivity index (χ3n) is 3.47. The smallest absolute Gasteiger partial charge is 0.268 e. The maximum atomic E-state index is 12.0. The van der Waals surface area contributed by atoms with Gasteiger partial charge >= 0.3 is 0 Å². The standard InChI is InChI=1S/C13H4ClNO4S/c14-4-1-3-7-9-8(4)5(16)2-6(17)10(9)20-11(7)13(19)15-12(3)18/h1H,2H2,(H,15,18,19). The van der Waals surface area contributed by atoms with E-state index in [1.54, 1.807) is 0 Å². The number of halogens is 1. The Balaban J connectivity index is 2.32. The van der Waals surface area contributed by atoms with Crippen LogP contribution in [-0.4, -0.2) is 23.4 Å². The summed E-state index contributed by atoms with van der Waals surface area (Å²) in [6.07, 6.45) is -0.253. The third-order valence-corrected chi connectivity index (χ3v) is 5.00. The van der Waals surface area contributed by atoms with Gasteiger partial charge in [0.2, 0.25) is 0 Å². The van der Waals surface area contributed by atoms with Gasteiger partial charge in [0, 0.05) is 16.3 Å². The highest BCUT2D eigenvalue weighted by Crippen LogP contribution is 2.44. The molecule has 1 aliphatic heterocycles. The van der Waals surface area contributed by atoms with Crippen molar-refractivity contribution in [2.24, 2.45) is 0 Å². The molecule has 98 valence electrons.